The standard InChI is InChI=1S/C23H23N5S/c1-2-7-18(8-3-1)12-15-28-23(24-25-26-28)22(21-11-6-16-29-21)27-14-13-19-9-4-5-10-20(19)17-27/h1-11,16,22H,12-15,17H2/t22-/m1/s1. The molecule has 6 heteroatoms. The number of tetrazole rings is 1. The van der Waals surface area contributed by atoms with Crippen LogP contribution >= 0.6 is 11.3 Å². The molecule has 2 aromatic carbocycles. The third-order valence-corrected chi connectivity index (χ3v) is 6.52. The Bertz CT molecular complexity index is 1060. The van der Waals surface area contributed by atoms with Crippen LogP contribution in [0.1, 0.15) is 33.4 Å². The monoisotopic (exact) mass is 401 g/mol. The van der Waals surface area contributed by atoms with E-state index in [0.717, 1.165) is 38.3 Å². The van der Waals surface area contributed by atoms with Crippen LogP contribution < -0.4 is 0 Å². The van der Waals surface area contributed by atoms with Gasteiger partial charge in [-0.05, 0) is 51.4 Å². The Balaban J connectivity index is 1.44. The lowest BCUT2D eigenvalue weighted by Gasteiger charge is -2.34. The second kappa shape index (κ2) is 8.27. The highest BCUT2D eigenvalue weighted by Crippen LogP contribution is 2.34. The van der Waals surface area contributed by atoms with Gasteiger partial charge in [-0.2, -0.15) is 0 Å². The summed E-state index contributed by atoms with van der Waals surface area (Å²) < 4.78 is 1.98. The minimum absolute atomic E-state index is 0.0779. The number of fused-ring (bicyclic) bond motifs is 1. The molecular formula is C23H23N5S. The first kappa shape index (κ1) is 18.2. The largest absolute Gasteiger partial charge is 0.284 e. The van der Waals surface area contributed by atoms with Gasteiger partial charge >= 0.3 is 0 Å². The summed E-state index contributed by atoms with van der Waals surface area (Å²) in [5.74, 6) is 0.933. The smallest absolute Gasteiger partial charge is 0.173 e. The average Bonchev–Trinajstić information content (AvgIpc) is 3.46. The topological polar surface area (TPSA) is 46.8 Å². The molecule has 0 amide bonds. The van der Waals surface area contributed by atoms with Gasteiger partial charge in [-0.15, -0.1) is 16.4 Å². The molecule has 1 aliphatic rings. The minimum Gasteiger partial charge on any atom is -0.284 e. The minimum atomic E-state index is 0.0779. The molecule has 0 fully saturated rings. The van der Waals surface area contributed by atoms with Gasteiger partial charge in [-0.3, -0.25) is 4.90 Å². The fraction of sp³-hybridized carbons (Fsp3) is 0.261. The van der Waals surface area contributed by atoms with E-state index in [1.54, 1.807) is 11.3 Å². The maximum absolute atomic E-state index is 4.48. The molecule has 0 N–H and O–H groups in total. The van der Waals surface area contributed by atoms with Crippen molar-refractivity contribution >= 4 is 11.3 Å². The number of aromatic nitrogens is 4. The van der Waals surface area contributed by atoms with Crippen LogP contribution in [0.25, 0.3) is 0 Å². The predicted molar refractivity (Wildman–Crippen MR) is 115 cm³/mol. The zero-order valence-corrected chi connectivity index (χ0v) is 17.0. The fourth-order valence-corrected chi connectivity index (χ4v) is 4.96. The molecule has 0 bridgehead atoms. The molecule has 0 aliphatic carbocycles. The van der Waals surface area contributed by atoms with E-state index in [0.29, 0.717) is 0 Å². The predicted octanol–water partition coefficient (Wildman–Crippen LogP) is 4.13. The molecule has 0 saturated heterocycles. The third-order valence-electron chi connectivity index (χ3n) is 5.60. The van der Waals surface area contributed by atoms with Crippen molar-refractivity contribution in [3.05, 3.63) is 99.5 Å². The molecule has 5 nitrogen and oxygen atoms in total. The lowest BCUT2D eigenvalue weighted by molar-refractivity contribution is 0.197. The van der Waals surface area contributed by atoms with E-state index in [1.807, 2.05) is 10.7 Å². The highest BCUT2D eigenvalue weighted by atomic mass is 32.1. The maximum Gasteiger partial charge on any atom is 0.173 e. The van der Waals surface area contributed by atoms with Crippen LogP contribution in [0.2, 0.25) is 0 Å². The summed E-state index contributed by atoms with van der Waals surface area (Å²) in [5.41, 5.74) is 4.16. The van der Waals surface area contributed by atoms with Gasteiger partial charge in [0.15, 0.2) is 5.82 Å². The number of aryl methyl sites for hydroxylation is 2. The van der Waals surface area contributed by atoms with Gasteiger partial charge in [0.05, 0.1) is 0 Å². The number of hydrogen-bond acceptors (Lipinski definition) is 5. The zero-order valence-electron chi connectivity index (χ0n) is 16.2. The normalized spacial score (nSPS) is 15.2. The van der Waals surface area contributed by atoms with Gasteiger partial charge < -0.3 is 0 Å². The van der Waals surface area contributed by atoms with Crippen LogP contribution in [0.3, 0.4) is 0 Å². The quantitative estimate of drug-likeness (QED) is 0.487. The Hall–Kier alpha value is -2.83. The lowest BCUT2D eigenvalue weighted by atomic mass is 9.98. The maximum atomic E-state index is 4.48. The molecule has 29 heavy (non-hydrogen) atoms. The third kappa shape index (κ3) is 3.86. The number of nitrogens with zero attached hydrogens (tertiary/aromatic N) is 5. The fourth-order valence-electron chi connectivity index (χ4n) is 4.10. The second-order valence-electron chi connectivity index (χ2n) is 7.40. The van der Waals surface area contributed by atoms with E-state index in [4.69, 9.17) is 0 Å². The van der Waals surface area contributed by atoms with Crippen LogP contribution in [-0.2, 0) is 25.9 Å². The SMILES string of the molecule is c1ccc(CCn2nnnc2[C@@H](c2cccs2)N2CCc3ccccc3C2)cc1. The van der Waals surface area contributed by atoms with Crippen molar-refractivity contribution < 1.29 is 0 Å². The molecular weight excluding hydrogens is 378 g/mol. The van der Waals surface area contributed by atoms with Crippen molar-refractivity contribution in [1.82, 2.24) is 25.1 Å². The zero-order chi connectivity index (χ0) is 19.5. The summed E-state index contributed by atoms with van der Waals surface area (Å²) >= 11 is 1.78. The molecule has 1 atom stereocenters. The molecule has 3 heterocycles. The number of rotatable bonds is 6. The van der Waals surface area contributed by atoms with E-state index >= 15 is 0 Å². The van der Waals surface area contributed by atoms with E-state index in [1.165, 1.54) is 21.6 Å². The molecule has 0 radical (unpaired) electrons. The summed E-state index contributed by atoms with van der Waals surface area (Å²) in [6.07, 6.45) is 1.97. The van der Waals surface area contributed by atoms with Crippen molar-refractivity contribution in [3.8, 4) is 0 Å². The molecule has 1 aliphatic heterocycles. The highest BCUT2D eigenvalue weighted by molar-refractivity contribution is 7.10. The number of benzene rings is 2. The van der Waals surface area contributed by atoms with Crippen molar-refractivity contribution in [2.75, 3.05) is 6.54 Å². The summed E-state index contributed by atoms with van der Waals surface area (Å²) in [6.45, 7) is 2.70. The van der Waals surface area contributed by atoms with Crippen LogP contribution in [0.5, 0.6) is 0 Å². The summed E-state index contributed by atoms with van der Waals surface area (Å²) in [4.78, 5) is 3.80. The molecule has 4 aromatic rings. The van der Waals surface area contributed by atoms with Crippen LogP contribution in [0.15, 0.2) is 72.1 Å². The molecule has 146 valence electrons. The van der Waals surface area contributed by atoms with E-state index in [2.05, 4.69) is 86.5 Å². The Morgan fingerprint density at radius 2 is 1.76 bits per heavy atom. The van der Waals surface area contributed by atoms with Crippen molar-refractivity contribution in [2.45, 2.75) is 32.0 Å². The molecule has 0 saturated carbocycles. The highest BCUT2D eigenvalue weighted by Gasteiger charge is 2.31. The summed E-state index contributed by atoms with van der Waals surface area (Å²) in [7, 11) is 0. The molecule has 0 unspecified atom stereocenters. The first-order valence-corrected chi connectivity index (χ1v) is 10.9. The van der Waals surface area contributed by atoms with Crippen LogP contribution in [0, 0.1) is 0 Å². The summed E-state index contributed by atoms with van der Waals surface area (Å²) in [5, 5.41) is 15.0. The summed E-state index contributed by atoms with van der Waals surface area (Å²) in [6, 6.07) is 23.7. The Morgan fingerprint density at radius 3 is 2.59 bits per heavy atom. The Morgan fingerprint density at radius 1 is 0.931 bits per heavy atom. The molecule has 2 aromatic heterocycles. The number of thiophene rings is 1. The van der Waals surface area contributed by atoms with Gasteiger partial charge in [-0.1, -0.05) is 60.7 Å². The van der Waals surface area contributed by atoms with Gasteiger partial charge in [0, 0.05) is 24.5 Å². The van der Waals surface area contributed by atoms with Crippen molar-refractivity contribution in [2.24, 2.45) is 0 Å². The number of hydrogen-bond donors (Lipinski definition) is 0. The van der Waals surface area contributed by atoms with Crippen LogP contribution in [0.4, 0.5) is 0 Å². The molecule has 0 spiro atoms. The van der Waals surface area contributed by atoms with Crippen molar-refractivity contribution in [1.29, 1.82) is 0 Å². The van der Waals surface area contributed by atoms with Crippen molar-refractivity contribution in [3.63, 3.8) is 0 Å². The van der Waals surface area contributed by atoms with Gasteiger partial charge in [0.2, 0.25) is 0 Å². The lowest BCUT2D eigenvalue weighted by Crippen LogP contribution is -2.36. The Kier molecular flexibility index (Phi) is 5.19. The average molecular weight is 402 g/mol. The van der Waals surface area contributed by atoms with Crippen LogP contribution in [-0.4, -0.2) is 31.7 Å². The Labute approximate surface area is 174 Å². The molecule has 5 rings (SSSR count). The van der Waals surface area contributed by atoms with Gasteiger partial charge in [0.1, 0.15) is 6.04 Å². The van der Waals surface area contributed by atoms with E-state index in [9.17, 15) is 0 Å². The van der Waals surface area contributed by atoms with E-state index in [-0.39, 0.29) is 6.04 Å². The first-order valence-electron chi connectivity index (χ1n) is 10.0. The van der Waals surface area contributed by atoms with E-state index < -0.39 is 0 Å². The second-order valence-corrected chi connectivity index (χ2v) is 8.38. The van der Waals surface area contributed by atoms with Gasteiger partial charge in [-0.25, -0.2) is 4.68 Å². The van der Waals surface area contributed by atoms with Gasteiger partial charge in [0.25, 0.3) is 0 Å². The first-order chi connectivity index (χ1) is 14.4.